The predicted octanol–water partition coefficient (Wildman–Crippen LogP) is 4.57. The van der Waals surface area contributed by atoms with Crippen LogP contribution in [0.4, 0.5) is 0 Å². The summed E-state index contributed by atoms with van der Waals surface area (Å²) in [5.41, 5.74) is 5.44. The van der Waals surface area contributed by atoms with E-state index in [4.69, 9.17) is 0 Å². The van der Waals surface area contributed by atoms with E-state index in [2.05, 4.69) is 67.3 Å². The quantitative estimate of drug-likeness (QED) is 0.680. The summed E-state index contributed by atoms with van der Waals surface area (Å²) in [6.07, 6.45) is 7.39. The van der Waals surface area contributed by atoms with Gasteiger partial charge in [-0.1, -0.05) is 66.8 Å². The maximum Gasteiger partial charge on any atom is 0.0278 e. The standard InChI is InChI=1S/C18H16/c1-2-5-14-8-10-16(11-9-14)18-13-12-15-6-3-4-7-17(15)18/h2-4,6-13,18H,1,5H2. The number of benzene rings is 2. The molecule has 0 fully saturated rings. The minimum absolute atomic E-state index is 0.416. The zero-order valence-corrected chi connectivity index (χ0v) is 10.3. The molecule has 0 saturated carbocycles. The molecule has 0 N–H and O–H groups in total. The van der Waals surface area contributed by atoms with Gasteiger partial charge in [0.1, 0.15) is 0 Å². The minimum Gasteiger partial charge on any atom is -0.103 e. The molecule has 0 aliphatic heterocycles. The molecule has 2 aromatic rings. The minimum atomic E-state index is 0.416. The van der Waals surface area contributed by atoms with Crippen LogP contribution in [0.2, 0.25) is 0 Å². The highest BCUT2D eigenvalue weighted by Gasteiger charge is 2.17. The summed E-state index contributed by atoms with van der Waals surface area (Å²) >= 11 is 0. The van der Waals surface area contributed by atoms with Crippen molar-refractivity contribution in [2.75, 3.05) is 0 Å². The molecule has 0 nitrogen and oxygen atoms in total. The first kappa shape index (κ1) is 11.0. The van der Waals surface area contributed by atoms with Gasteiger partial charge in [-0.15, -0.1) is 6.58 Å². The van der Waals surface area contributed by atoms with Crippen molar-refractivity contribution in [2.45, 2.75) is 12.3 Å². The van der Waals surface area contributed by atoms with Gasteiger partial charge in [0.15, 0.2) is 0 Å². The van der Waals surface area contributed by atoms with Crippen LogP contribution in [0.1, 0.15) is 28.2 Å². The molecule has 0 amide bonds. The van der Waals surface area contributed by atoms with Gasteiger partial charge in [-0.2, -0.15) is 0 Å². The molecule has 88 valence electrons. The van der Waals surface area contributed by atoms with Crippen LogP contribution in [0.3, 0.4) is 0 Å². The molecule has 1 aliphatic carbocycles. The Morgan fingerprint density at radius 2 is 1.78 bits per heavy atom. The van der Waals surface area contributed by atoms with E-state index >= 15 is 0 Å². The largest absolute Gasteiger partial charge is 0.103 e. The fraction of sp³-hybridized carbons (Fsp3) is 0.111. The highest BCUT2D eigenvalue weighted by Crippen LogP contribution is 2.35. The van der Waals surface area contributed by atoms with E-state index in [9.17, 15) is 0 Å². The van der Waals surface area contributed by atoms with Crippen molar-refractivity contribution >= 4 is 6.08 Å². The van der Waals surface area contributed by atoms with E-state index in [-0.39, 0.29) is 0 Å². The Labute approximate surface area is 108 Å². The first-order valence-corrected chi connectivity index (χ1v) is 6.35. The zero-order chi connectivity index (χ0) is 12.4. The second-order valence-corrected chi connectivity index (χ2v) is 4.70. The molecule has 2 aromatic carbocycles. The van der Waals surface area contributed by atoms with Gasteiger partial charge in [0.2, 0.25) is 0 Å². The van der Waals surface area contributed by atoms with Crippen LogP contribution in [0, 0.1) is 0 Å². The molecule has 0 aromatic heterocycles. The highest BCUT2D eigenvalue weighted by atomic mass is 14.2. The number of hydrogen-bond donors (Lipinski definition) is 0. The van der Waals surface area contributed by atoms with Gasteiger partial charge >= 0.3 is 0 Å². The van der Waals surface area contributed by atoms with Crippen molar-refractivity contribution in [3.63, 3.8) is 0 Å². The van der Waals surface area contributed by atoms with Crippen molar-refractivity contribution in [1.82, 2.24) is 0 Å². The number of allylic oxidation sites excluding steroid dienone is 2. The first-order chi connectivity index (χ1) is 8.88. The molecule has 3 rings (SSSR count). The molecule has 18 heavy (non-hydrogen) atoms. The van der Waals surface area contributed by atoms with Gasteiger partial charge in [0.05, 0.1) is 0 Å². The summed E-state index contributed by atoms with van der Waals surface area (Å²) < 4.78 is 0. The molecule has 0 radical (unpaired) electrons. The molecule has 0 saturated heterocycles. The third kappa shape index (κ3) is 1.91. The zero-order valence-electron chi connectivity index (χ0n) is 10.3. The Kier molecular flexibility index (Phi) is 2.85. The SMILES string of the molecule is C=CCc1ccc(C2C=Cc3ccccc32)cc1. The number of fused-ring (bicyclic) bond motifs is 1. The van der Waals surface area contributed by atoms with Crippen LogP contribution in [-0.2, 0) is 6.42 Å². The highest BCUT2D eigenvalue weighted by molar-refractivity contribution is 5.65. The Balaban J connectivity index is 1.93. The van der Waals surface area contributed by atoms with E-state index in [0.29, 0.717) is 5.92 Å². The summed E-state index contributed by atoms with van der Waals surface area (Å²) in [5, 5.41) is 0. The van der Waals surface area contributed by atoms with Crippen LogP contribution in [0.25, 0.3) is 6.08 Å². The molecule has 1 atom stereocenters. The fourth-order valence-corrected chi connectivity index (χ4v) is 2.57. The molecule has 0 bridgehead atoms. The lowest BCUT2D eigenvalue weighted by Crippen LogP contribution is -1.95. The second kappa shape index (κ2) is 4.66. The maximum absolute atomic E-state index is 3.77. The first-order valence-electron chi connectivity index (χ1n) is 6.35. The van der Waals surface area contributed by atoms with E-state index < -0.39 is 0 Å². The Morgan fingerprint density at radius 3 is 2.56 bits per heavy atom. The summed E-state index contributed by atoms with van der Waals surface area (Å²) in [6.45, 7) is 3.77. The normalized spacial score (nSPS) is 16.6. The van der Waals surface area contributed by atoms with E-state index in [1.165, 1.54) is 22.3 Å². The van der Waals surface area contributed by atoms with Crippen molar-refractivity contribution in [1.29, 1.82) is 0 Å². The Hall–Kier alpha value is -2.08. The molecular weight excluding hydrogens is 216 g/mol. The third-order valence-corrected chi connectivity index (χ3v) is 3.52. The van der Waals surface area contributed by atoms with E-state index in [1.807, 2.05) is 6.08 Å². The molecule has 0 spiro atoms. The monoisotopic (exact) mass is 232 g/mol. The Bertz CT molecular complexity index is 588. The third-order valence-electron chi connectivity index (χ3n) is 3.52. The van der Waals surface area contributed by atoms with Crippen LogP contribution in [-0.4, -0.2) is 0 Å². The van der Waals surface area contributed by atoms with Crippen LogP contribution in [0.15, 0.2) is 67.3 Å². The van der Waals surface area contributed by atoms with Gasteiger partial charge in [0, 0.05) is 5.92 Å². The van der Waals surface area contributed by atoms with Crippen molar-refractivity contribution in [3.8, 4) is 0 Å². The lowest BCUT2D eigenvalue weighted by Gasteiger charge is -2.12. The molecule has 0 heterocycles. The van der Waals surface area contributed by atoms with Crippen molar-refractivity contribution in [2.24, 2.45) is 0 Å². The molecule has 1 aliphatic rings. The molecule has 1 unspecified atom stereocenters. The lowest BCUT2D eigenvalue weighted by atomic mass is 9.92. The van der Waals surface area contributed by atoms with Crippen LogP contribution < -0.4 is 0 Å². The average molecular weight is 232 g/mol. The van der Waals surface area contributed by atoms with E-state index in [0.717, 1.165) is 6.42 Å². The van der Waals surface area contributed by atoms with Crippen LogP contribution >= 0.6 is 0 Å². The molecular formula is C18H16. The van der Waals surface area contributed by atoms with Crippen LogP contribution in [0.5, 0.6) is 0 Å². The topological polar surface area (TPSA) is 0 Å². The van der Waals surface area contributed by atoms with E-state index in [1.54, 1.807) is 0 Å². The average Bonchev–Trinajstić information content (AvgIpc) is 2.84. The smallest absolute Gasteiger partial charge is 0.0278 e. The van der Waals surface area contributed by atoms with Gasteiger partial charge in [-0.3, -0.25) is 0 Å². The summed E-state index contributed by atoms with van der Waals surface area (Å²) in [7, 11) is 0. The summed E-state index contributed by atoms with van der Waals surface area (Å²) in [5.74, 6) is 0.416. The fourth-order valence-electron chi connectivity index (χ4n) is 2.57. The van der Waals surface area contributed by atoms with Crippen molar-refractivity contribution < 1.29 is 0 Å². The molecule has 0 heteroatoms. The number of rotatable bonds is 3. The Morgan fingerprint density at radius 1 is 1.00 bits per heavy atom. The van der Waals surface area contributed by atoms with Gasteiger partial charge in [0.25, 0.3) is 0 Å². The summed E-state index contributed by atoms with van der Waals surface area (Å²) in [4.78, 5) is 0. The van der Waals surface area contributed by atoms with Gasteiger partial charge < -0.3 is 0 Å². The number of hydrogen-bond acceptors (Lipinski definition) is 0. The lowest BCUT2D eigenvalue weighted by molar-refractivity contribution is 1.04. The predicted molar refractivity (Wildman–Crippen MR) is 77.7 cm³/mol. The second-order valence-electron chi connectivity index (χ2n) is 4.70. The summed E-state index contributed by atoms with van der Waals surface area (Å²) in [6, 6.07) is 17.5. The van der Waals surface area contributed by atoms with Gasteiger partial charge in [-0.05, 0) is 28.7 Å². The van der Waals surface area contributed by atoms with Crippen molar-refractivity contribution in [3.05, 3.63) is 89.5 Å². The van der Waals surface area contributed by atoms with Gasteiger partial charge in [-0.25, -0.2) is 0 Å². The maximum atomic E-state index is 3.77.